The van der Waals surface area contributed by atoms with Crippen molar-refractivity contribution in [2.24, 2.45) is 5.73 Å². The molecule has 1 aromatic rings. The summed E-state index contributed by atoms with van der Waals surface area (Å²) >= 11 is 0. The highest BCUT2D eigenvalue weighted by atomic mass is 16.5. The third-order valence-electron chi connectivity index (χ3n) is 3.99. The number of hydrogen-bond donors (Lipinski definition) is 1. The highest BCUT2D eigenvalue weighted by Crippen LogP contribution is 2.31. The second kappa shape index (κ2) is 4.80. The van der Waals surface area contributed by atoms with Crippen LogP contribution in [0.4, 0.5) is 0 Å². The Morgan fingerprint density at radius 3 is 3.24 bits per heavy atom. The number of hydrogen-bond acceptors (Lipinski definition) is 4. The lowest BCUT2D eigenvalue weighted by Crippen LogP contribution is -2.47. The highest BCUT2D eigenvalue weighted by Gasteiger charge is 2.36. The first kappa shape index (κ1) is 11.3. The van der Waals surface area contributed by atoms with Gasteiger partial charge in [0.1, 0.15) is 5.76 Å². The first-order valence-corrected chi connectivity index (χ1v) is 6.49. The van der Waals surface area contributed by atoms with Gasteiger partial charge in [-0.2, -0.15) is 0 Å². The third kappa shape index (κ3) is 2.12. The lowest BCUT2D eigenvalue weighted by atomic mass is 10.1. The summed E-state index contributed by atoms with van der Waals surface area (Å²) in [6.45, 7) is 3.32. The fourth-order valence-corrected chi connectivity index (χ4v) is 3.11. The topological polar surface area (TPSA) is 51.6 Å². The predicted molar refractivity (Wildman–Crippen MR) is 64.4 cm³/mol. The molecule has 1 aromatic heterocycles. The van der Waals surface area contributed by atoms with Crippen LogP contribution in [0, 0.1) is 0 Å². The van der Waals surface area contributed by atoms with E-state index >= 15 is 0 Å². The van der Waals surface area contributed by atoms with E-state index in [2.05, 4.69) is 4.90 Å². The fourth-order valence-electron chi connectivity index (χ4n) is 3.11. The van der Waals surface area contributed by atoms with Crippen molar-refractivity contribution in [3.8, 4) is 0 Å². The number of ether oxygens (including phenoxy) is 1. The first-order chi connectivity index (χ1) is 8.38. The van der Waals surface area contributed by atoms with E-state index in [1.165, 1.54) is 24.8 Å². The zero-order valence-corrected chi connectivity index (χ0v) is 10.1. The zero-order valence-electron chi connectivity index (χ0n) is 10.1. The van der Waals surface area contributed by atoms with Gasteiger partial charge < -0.3 is 14.9 Å². The summed E-state index contributed by atoms with van der Waals surface area (Å²) in [6, 6.07) is 2.64. The normalized spacial score (nSPS) is 29.5. The monoisotopic (exact) mass is 236 g/mol. The lowest BCUT2D eigenvalue weighted by molar-refractivity contribution is -0.0589. The lowest BCUT2D eigenvalue weighted by Gasteiger charge is -2.37. The summed E-state index contributed by atoms with van der Waals surface area (Å²) in [6.07, 6.45) is 5.97. The molecule has 2 N–H and O–H groups in total. The molecular weight excluding hydrogens is 216 g/mol. The summed E-state index contributed by atoms with van der Waals surface area (Å²) in [7, 11) is 0. The molecule has 94 valence electrons. The smallest absolute Gasteiger partial charge is 0.121 e. The molecule has 0 bridgehead atoms. The predicted octanol–water partition coefficient (Wildman–Crippen LogP) is 1.49. The SMILES string of the molecule is NCc1occc1CN1CCOC2CCCC21. The van der Waals surface area contributed by atoms with Crippen molar-refractivity contribution in [3.63, 3.8) is 0 Å². The molecule has 2 aliphatic rings. The van der Waals surface area contributed by atoms with Crippen molar-refractivity contribution in [2.75, 3.05) is 13.2 Å². The molecule has 2 unspecified atom stereocenters. The van der Waals surface area contributed by atoms with Gasteiger partial charge in [0.15, 0.2) is 0 Å². The first-order valence-electron chi connectivity index (χ1n) is 6.49. The van der Waals surface area contributed by atoms with E-state index in [9.17, 15) is 0 Å². The van der Waals surface area contributed by atoms with Crippen LogP contribution >= 0.6 is 0 Å². The second-order valence-corrected chi connectivity index (χ2v) is 4.95. The number of morpholine rings is 1. The maximum atomic E-state index is 5.82. The van der Waals surface area contributed by atoms with Crippen LogP contribution < -0.4 is 5.73 Å². The molecule has 0 aromatic carbocycles. The van der Waals surface area contributed by atoms with E-state index in [0.29, 0.717) is 18.7 Å². The van der Waals surface area contributed by atoms with Gasteiger partial charge in [-0.15, -0.1) is 0 Å². The highest BCUT2D eigenvalue weighted by molar-refractivity contribution is 5.17. The van der Waals surface area contributed by atoms with Gasteiger partial charge in [-0.1, -0.05) is 0 Å². The maximum Gasteiger partial charge on any atom is 0.121 e. The van der Waals surface area contributed by atoms with E-state index < -0.39 is 0 Å². The Labute approximate surface area is 102 Å². The molecule has 17 heavy (non-hydrogen) atoms. The van der Waals surface area contributed by atoms with E-state index in [-0.39, 0.29) is 0 Å². The minimum atomic E-state index is 0.456. The van der Waals surface area contributed by atoms with E-state index in [0.717, 1.165) is 25.5 Å². The molecular formula is C13H20N2O2. The molecule has 1 saturated carbocycles. The van der Waals surface area contributed by atoms with Crippen molar-refractivity contribution < 1.29 is 9.15 Å². The van der Waals surface area contributed by atoms with Crippen molar-refractivity contribution in [1.29, 1.82) is 0 Å². The van der Waals surface area contributed by atoms with Gasteiger partial charge in [0.05, 0.1) is 25.5 Å². The Kier molecular flexibility index (Phi) is 3.18. The van der Waals surface area contributed by atoms with Gasteiger partial charge >= 0.3 is 0 Å². The Morgan fingerprint density at radius 1 is 1.41 bits per heavy atom. The third-order valence-corrected chi connectivity index (χ3v) is 3.99. The maximum absolute atomic E-state index is 5.82. The standard InChI is InChI=1S/C13H20N2O2/c14-8-13-10(4-6-16-13)9-15-5-7-17-12-3-1-2-11(12)15/h4,6,11-12H,1-3,5,7-9,14H2. The van der Waals surface area contributed by atoms with Crippen LogP contribution in [0.1, 0.15) is 30.6 Å². The number of furan rings is 1. The minimum Gasteiger partial charge on any atom is -0.468 e. The minimum absolute atomic E-state index is 0.456. The van der Waals surface area contributed by atoms with Crippen LogP contribution in [-0.4, -0.2) is 30.2 Å². The molecule has 0 spiro atoms. The van der Waals surface area contributed by atoms with E-state index in [1.54, 1.807) is 6.26 Å². The Hall–Kier alpha value is -0.840. The number of rotatable bonds is 3. The molecule has 3 rings (SSSR count). The van der Waals surface area contributed by atoms with Crippen molar-refractivity contribution in [3.05, 3.63) is 23.7 Å². The van der Waals surface area contributed by atoms with Crippen molar-refractivity contribution in [1.82, 2.24) is 4.90 Å². The molecule has 0 amide bonds. The van der Waals surface area contributed by atoms with Gasteiger partial charge in [0.25, 0.3) is 0 Å². The van der Waals surface area contributed by atoms with Crippen molar-refractivity contribution in [2.45, 2.75) is 44.5 Å². The fraction of sp³-hybridized carbons (Fsp3) is 0.692. The van der Waals surface area contributed by atoms with E-state index in [4.69, 9.17) is 14.9 Å². The molecule has 0 radical (unpaired) electrons. The summed E-state index contributed by atoms with van der Waals surface area (Å²) in [5.74, 6) is 0.922. The van der Waals surface area contributed by atoms with E-state index in [1.807, 2.05) is 6.07 Å². The molecule has 2 atom stereocenters. The van der Waals surface area contributed by atoms with Crippen LogP contribution in [0.3, 0.4) is 0 Å². The number of nitrogens with two attached hydrogens (primary N) is 1. The molecule has 1 saturated heterocycles. The zero-order chi connectivity index (χ0) is 11.7. The average Bonchev–Trinajstić information content (AvgIpc) is 2.97. The summed E-state index contributed by atoms with van der Waals surface area (Å²) in [5, 5.41) is 0. The second-order valence-electron chi connectivity index (χ2n) is 4.95. The van der Waals surface area contributed by atoms with Crippen LogP contribution in [0.2, 0.25) is 0 Å². The quantitative estimate of drug-likeness (QED) is 0.864. The average molecular weight is 236 g/mol. The molecule has 2 heterocycles. The number of nitrogens with zero attached hydrogens (tertiary/aromatic N) is 1. The number of fused-ring (bicyclic) bond motifs is 1. The van der Waals surface area contributed by atoms with Gasteiger partial charge in [-0.05, 0) is 25.3 Å². The Balaban J connectivity index is 1.71. The van der Waals surface area contributed by atoms with Crippen LogP contribution in [0.5, 0.6) is 0 Å². The molecule has 1 aliphatic carbocycles. The largest absolute Gasteiger partial charge is 0.468 e. The van der Waals surface area contributed by atoms with Crippen LogP contribution in [0.15, 0.2) is 16.7 Å². The van der Waals surface area contributed by atoms with Crippen LogP contribution in [-0.2, 0) is 17.8 Å². The summed E-state index contributed by atoms with van der Waals surface area (Å²) < 4.78 is 11.2. The molecule has 2 fully saturated rings. The Bertz CT molecular complexity index is 377. The van der Waals surface area contributed by atoms with Gasteiger partial charge in [-0.3, -0.25) is 4.90 Å². The summed E-state index contributed by atoms with van der Waals surface area (Å²) in [5.41, 5.74) is 6.91. The van der Waals surface area contributed by atoms with Crippen LogP contribution in [0.25, 0.3) is 0 Å². The van der Waals surface area contributed by atoms with Gasteiger partial charge in [0, 0.05) is 24.7 Å². The van der Waals surface area contributed by atoms with Crippen molar-refractivity contribution >= 4 is 0 Å². The summed E-state index contributed by atoms with van der Waals surface area (Å²) in [4.78, 5) is 2.53. The molecule has 4 heteroatoms. The Morgan fingerprint density at radius 2 is 2.35 bits per heavy atom. The molecule has 4 nitrogen and oxygen atoms in total. The molecule has 1 aliphatic heterocycles. The van der Waals surface area contributed by atoms with Gasteiger partial charge in [-0.25, -0.2) is 0 Å². The van der Waals surface area contributed by atoms with Gasteiger partial charge in [0.2, 0.25) is 0 Å².